The summed E-state index contributed by atoms with van der Waals surface area (Å²) >= 11 is 1.58. The van der Waals surface area contributed by atoms with Crippen LogP contribution < -0.4 is 16.0 Å². The number of thiazole rings is 1. The van der Waals surface area contributed by atoms with Crippen LogP contribution in [0.25, 0.3) is 0 Å². The second-order valence-corrected chi connectivity index (χ2v) is 7.13. The van der Waals surface area contributed by atoms with Crippen molar-refractivity contribution in [2.75, 3.05) is 23.7 Å². The topological polar surface area (TPSA) is 66.0 Å². The lowest BCUT2D eigenvalue weighted by atomic mass is 9.93. The van der Waals surface area contributed by atoms with E-state index in [0.29, 0.717) is 12.3 Å². The van der Waals surface area contributed by atoms with Gasteiger partial charge in [0.25, 0.3) is 0 Å². The number of carbonyl (C=O) groups is 1. The Hall–Kier alpha value is -1.63. The van der Waals surface area contributed by atoms with Crippen LogP contribution in [0.4, 0.5) is 16.5 Å². The second kappa shape index (κ2) is 9.75. The van der Waals surface area contributed by atoms with Gasteiger partial charge < -0.3 is 16.0 Å². The van der Waals surface area contributed by atoms with Crippen molar-refractivity contribution < 1.29 is 4.79 Å². The maximum absolute atomic E-state index is 12.1. The van der Waals surface area contributed by atoms with Gasteiger partial charge in [0.2, 0.25) is 5.91 Å². The standard InChI is InChI=1S/C18H24N4OS.ClH/c1-13-12-24-18(20-13)22-16-5-3-15(4-6-16)21-17(23)7-2-14-8-10-19-11-9-14;/h3-6,12,14,19H,2,7-11H2,1H3,(H,20,22)(H,21,23);1H. The molecule has 136 valence electrons. The predicted octanol–water partition coefficient (Wildman–Crippen LogP) is 4.34. The summed E-state index contributed by atoms with van der Waals surface area (Å²) in [5.41, 5.74) is 2.82. The molecule has 0 atom stereocenters. The zero-order valence-electron chi connectivity index (χ0n) is 14.4. The molecule has 1 amide bonds. The molecule has 2 aromatic rings. The fourth-order valence-corrected chi connectivity index (χ4v) is 3.61. The minimum Gasteiger partial charge on any atom is -0.332 e. The molecule has 5 nitrogen and oxygen atoms in total. The number of benzene rings is 1. The summed E-state index contributed by atoms with van der Waals surface area (Å²) in [4.78, 5) is 16.5. The summed E-state index contributed by atoms with van der Waals surface area (Å²) < 4.78 is 0. The average Bonchev–Trinajstić information content (AvgIpc) is 3.01. The Bertz CT molecular complexity index is 668. The summed E-state index contributed by atoms with van der Waals surface area (Å²) in [6.45, 7) is 4.14. The van der Waals surface area contributed by atoms with E-state index < -0.39 is 0 Å². The normalized spacial score (nSPS) is 14.6. The number of carbonyl (C=O) groups excluding carboxylic acids is 1. The number of piperidine rings is 1. The minimum absolute atomic E-state index is 0. The van der Waals surface area contributed by atoms with Crippen LogP contribution in [0, 0.1) is 12.8 Å². The highest BCUT2D eigenvalue weighted by Crippen LogP contribution is 2.22. The molecule has 0 saturated carbocycles. The molecule has 1 aromatic heterocycles. The molecule has 0 spiro atoms. The lowest BCUT2D eigenvalue weighted by Crippen LogP contribution is -2.28. The van der Waals surface area contributed by atoms with Gasteiger partial charge >= 0.3 is 0 Å². The molecule has 3 N–H and O–H groups in total. The summed E-state index contributed by atoms with van der Waals surface area (Å²) in [7, 11) is 0. The molecular weight excluding hydrogens is 356 g/mol. The van der Waals surface area contributed by atoms with Crippen LogP contribution in [0.2, 0.25) is 0 Å². The van der Waals surface area contributed by atoms with Crippen LogP contribution in [0.15, 0.2) is 29.6 Å². The van der Waals surface area contributed by atoms with Crippen LogP contribution in [0.3, 0.4) is 0 Å². The van der Waals surface area contributed by atoms with Gasteiger partial charge in [-0.15, -0.1) is 23.7 Å². The van der Waals surface area contributed by atoms with Crippen LogP contribution in [0.1, 0.15) is 31.4 Å². The first-order valence-electron chi connectivity index (χ1n) is 8.49. The van der Waals surface area contributed by atoms with Crippen molar-refractivity contribution in [1.82, 2.24) is 10.3 Å². The number of hydrogen-bond donors (Lipinski definition) is 3. The molecule has 3 rings (SSSR count). The summed E-state index contributed by atoms with van der Waals surface area (Å²) in [6.07, 6.45) is 3.95. The monoisotopic (exact) mass is 380 g/mol. The molecule has 0 bridgehead atoms. The molecule has 0 radical (unpaired) electrons. The van der Waals surface area contributed by atoms with Gasteiger partial charge in [-0.05, 0) is 69.5 Å². The zero-order valence-corrected chi connectivity index (χ0v) is 16.0. The van der Waals surface area contributed by atoms with Crippen LogP contribution in [0.5, 0.6) is 0 Å². The Kier molecular flexibility index (Phi) is 7.68. The Labute approximate surface area is 159 Å². The third-order valence-electron chi connectivity index (χ3n) is 4.28. The van der Waals surface area contributed by atoms with Gasteiger partial charge in [-0.3, -0.25) is 4.79 Å². The Morgan fingerprint density at radius 1 is 1.24 bits per heavy atom. The SMILES string of the molecule is Cc1csc(Nc2ccc(NC(=O)CCC3CCNCC3)cc2)n1.Cl. The van der Waals surface area contributed by atoms with Gasteiger partial charge in [0.05, 0.1) is 5.69 Å². The van der Waals surface area contributed by atoms with Gasteiger partial charge in [-0.1, -0.05) is 0 Å². The van der Waals surface area contributed by atoms with E-state index in [2.05, 4.69) is 20.9 Å². The molecule has 1 aromatic carbocycles. The first-order chi connectivity index (χ1) is 11.7. The number of amides is 1. The average molecular weight is 381 g/mol. The van der Waals surface area contributed by atoms with E-state index in [1.54, 1.807) is 11.3 Å². The van der Waals surface area contributed by atoms with E-state index in [9.17, 15) is 4.79 Å². The quantitative estimate of drug-likeness (QED) is 0.697. The largest absolute Gasteiger partial charge is 0.332 e. The molecule has 1 saturated heterocycles. The highest BCUT2D eigenvalue weighted by molar-refractivity contribution is 7.13. The molecular formula is C18H25ClN4OS. The van der Waals surface area contributed by atoms with Gasteiger partial charge in [-0.25, -0.2) is 4.98 Å². The number of nitrogens with zero attached hydrogens (tertiary/aromatic N) is 1. The van der Waals surface area contributed by atoms with Crippen molar-refractivity contribution in [1.29, 1.82) is 0 Å². The number of hydrogen-bond acceptors (Lipinski definition) is 5. The number of rotatable bonds is 6. The number of halogens is 1. The third-order valence-corrected chi connectivity index (χ3v) is 5.15. The molecule has 0 aliphatic carbocycles. The highest BCUT2D eigenvalue weighted by atomic mass is 35.5. The third kappa shape index (κ3) is 6.30. The number of aromatic nitrogens is 1. The van der Waals surface area contributed by atoms with Gasteiger partial charge in [0.15, 0.2) is 5.13 Å². The molecule has 1 aliphatic rings. The highest BCUT2D eigenvalue weighted by Gasteiger charge is 2.14. The Balaban J connectivity index is 0.00000225. The van der Waals surface area contributed by atoms with Crippen LogP contribution in [-0.2, 0) is 4.79 Å². The van der Waals surface area contributed by atoms with E-state index >= 15 is 0 Å². The second-order valence-electron chi connectivity index (χ2n) is 6.28. The molecule has 2 heterocycles. The minimum atomic E-state index is 0. The summed E-state index contributed by atoms with van der Waals surface area (Å²) in [5.74, 6) is 0.787. The fraction of sp³-hybridized carbons (Fsp3) is 0.444. The Morgan fingerprint density at radius 2 is 1.92 bits per heavy atom. The van der Waals surface area contributed by atoms with Gasteiger partial charge in [-0.2, -0.15) is 0 Å². The number of anilines is 3. The molecule has 0 unspecified atom stereocenters. The van der Waals surface area contributed by atoms with Crippen LogP contribution in [-0.4, -0.2) is 24.0 Å². The lowest BCUT2D eigenvalue weighted by molar-refractivity contribution is -0.116. The van der Waals surface area contributed by atoms with Crippen molar-refractivity contribution in [2.45, 2.75) is 32.6 Å². The van der Waals surface area contributed by atoms with E-state index in [4.69, 9.17) is 0 Å². The smallest absolute Gasteiger partial charge is 0.224 e. The predicted molar refractivity (Wildman–Crippen MR) is 107 cm³/mol. The van der Waals surface area contributed by atoms with Crippen molar-refractivity contribution in [3.05, 3.63) is 35.3 Å². The van der Waals surface area contributed by atoms with Gasteiger partial charge in [0, 0.05) is 23.2 Å². The lowest BCUT2D eigenvalue weighted by Gasteiger charge is -2.22. The van der Waals surface area contributed by atoms with Crippen LogP contribution >= 0.6 is 23.7 Å². The zero-order chi connectivity index (χ0) is 16.8. The molecule has 25 heavy (non-hydrogen) atoms. The summed E-state index contributed by atoms with van der Waals surface area (Å²) in [5, 5.41) is 12.5. The Morgan fingerprint density at radius 3 is 2.56 bits per heavy atom. The number of aryl methyl sites for hydroxylation is 1. The van der Waals surface area contributed by atoms with E-state index in [1.165, 1.54) is 12.8 Å². The molecule has 1 fully saturated rings. The number of nitrogens with one attached hydrogen (secondary N) is 3. The van der Waals surface area contributed by atoms with Crippen molar-refractivity contribution >= 4 is 46.2 Å². The first-order valence-corrected chi connectivity index (χ1v) is 9.37. The van der Waals surface area contributed by atoms with E-state index in [1.807, 2.05) is 36.6 Å². The van der Waals surface area contributed by atoms with Gasteiger partial charge in [0.1, 0.15) is 0 Å². The van der Waals surface area contributed by atoms with E-state index in [0.717, 1.165) is 41.7 Å². The van der Waals surface area contributed by atoms with Crippen molar-refractivity contribution in [3.63, 3.8) is 0 Å². The van der Waals surface area contributed by atoms with Crippen molar-refractivity contribution in [3.8, 4) is 0 Å². The maximum Gasteiger partial charge on any atom is 0.224 e. The van der Waals surface area contributed by atoms with Crippen molar-refractivity contribution in [2.24, 2.45) is 5.92 Å². The first kappa shape index (κ1) is 19.7. The van der Waals surface area contributed by atoms with E-state index in [-0.39, 0.29) is 18.3 Å². The fourth-order valence-electron chi connectivity index (χ4n) is 2.90. The maximum atomic E-state index is 12.1. The summed E-state index contributed by atoms with van der Waals surface area (Å²) in [6, 6.07) is 7.76. The molecule has 1 aliphatic heterocycles. The molecule has 7 heteroatoms.